The van der Waals surface area contributed by atoms with E-state index in [0.717, 1.165) is 11.1 Å². The Hall–Kier alpha value is -2.58. The number of benzene rings is 1. The van der Waals surface area contributed by atoms with E-state index in [1.165, 1.54) is 0 Å². The Bertz CT molecular complexity index is 864. The summed E-state index contributed by atoms with van der Waals surface area (Å²) < 4.78 is 18.4. The van der Waals surface area contributed by atoms with Crippen molar-refractivity contribution in [1.29, 1.82) is 0 Å². The minimum Gasteiger partial charge on any atom is -0.493 e. The number of likely N-dealkylation sites (N-methyl/N-ethyl adjacent to an activating group) is 1. The van der Waals surface area contributed by atoms with Gasteiger partial charge in [-0.15, -0.1) is 12.4 Å². The first-order valence-electron chi connectivity index (χ1n) is 8.37. The van der Waals surface area contributed by atoms with Crippen LogP contribution in [-0.4, -0.2) is 40.1 Å². The fourth-order valence-corrected chi connectivity index (χ4v) is 2.46. The molecule has 2 heterocycles. The zero-order chi connectivity index (χ0) is 18.5. The zero-order valence-electron chi connectivity index (χ0n) is 15.8. The highest BCUT2D eigenvalue weighted by atomic mass is 35.5. The summed E-state index contributed by atoms with van der Waals surface area (Å²) >= 11 is 0. The Morgan fingerprint density at radius 2 is 2.11 bits per heavy atom. The van der Waals surface area contributed by atoms with Gasteiger partial charge >= 0.3 is 0 Å². The number of nitrogens with zero attached hydrogens (tertiary/aromatic N) is 4. The average Bonchev–Trinajstić information content (AvgIpc) is 3.28. The third-order valence-corrected chi connectivity index (χ3v) is 4.01. The van der Waals surface area contributed by atoms with Gasteiger partial charge in [-0.25, -0.2) is 0 Å². The molecule has 1 N–H and O–H groups in total. The highest BCUT2D eigenvalue weighted by Gasteiger charge is 2.14. The monoisotopic (exact) mass is 393 g/mol. The molecule has 0 spiro atoms. The van der Waals surface area contributed by atoms with Crippen LogP contribution in [0.25, 0.3) is 11.5 Å². The molecule has 3 aromatic rings. The van der Waals surface area contributed by atoms with Crippen molar-refractivity contribution < 1.29 is 14.0 Å². The van der Waals surface area contributed by atoms with E-state index in [1.54, 1.807) is 18.0 Å². The van der Waals surface area contributed by atoms with Crippen molar-refractivity contribution in [2.75, 3.05) is 14.2 Å². The van der Waals surface area contributed by atoms with Crippen LogP contribution in [0, 0.1) is 0 Å². The first kappa shape index (κ1) is 20.7. The second-order valence-corrected chi connectivity index (χ2v) is 6.09. The molecule has 0 aliphatic carbocycles. The van der Waals surface area contributed by atoms with E-state index in [9.17, 15) is 0 Å². The standard InChI is InChI=1S/C18H23N5O3.ClH/c1-12(19-2)7-17-21-18(26-22-17)14-5-6-15(16(8-14)24-4)25-11-13-9-20-23(3)10-13;/h5-6,8-10,12,19H,7,11H2,1-4H3;1H. The molecular weight excluding hydrogens is 370 g/mol. The maximum atomic E-state index is 5.84. The minimum atomic E-state index is 0. The second-order valence-electron chi connectivity index (χ2n) is 6.09. The van der Waals surface area contributed by atoms with Crippen LogP contribution in [0.5, 0.6) is 11.5 Å². The number of halogens is 1. The number of aryl methyl sites for hydroxylation is 1. The summed E-state index contributed by atoms with van der Waals surface area (Å²) in [6, 6.07) is 5.82. The van der Waals surface area contributed by atoms with Crippen LogP contribution in [0.3, 0.4) is 0 Å². The van der Waals surface area contributed by atoms with Gasteiger partial charge in [0.15, 0.2) is 17.3 Å². The van der Waals surface area contributed by atoms with Gasteiger partial charge in [0, 0.05) is 36.8 Å². The van der Waals surface area contributed by atoms with Crippen molar-refractivity contribution in [3.8, 4) is 23.0 Å². The fourth-order valence-electron chi connectivity index (χ4n) is 2.46. The topological polar surface area (TPSA) is 87.2 Å². The molecule has 8 nitrogen and oxygen atoms in total. The highest BCUT2D eigenvalue weighted by molar-refractivity contribution is 5.85. The Labute approximate surface area is 164 Å². The lowest BCUT2D eigenvalue weighted by molar-refractivity contribution is 0.284. The molecule has 0 radical (unpaired) electrons. The summed E-state index contributed by atoms with van der Waals surface area (Å²) in [7, 11) is 5.37. The summed E-state index contributed by atoms with van der Waals surface area (Å²) in [4.78, 5) is 4.44. The van der Waals surface area contributed by atoms with E-state index in [1.807, 2.05) is 38.5 Å². The highest BCUT2D eigenvalue weighted by Crippen LogP contribution is 2.32. The molecule has 0 bridgehead atoms. The summed E-state index contributed by atoms with van der Waals surface area (Å²) in [6.45, 7) is 2.48. The quantitative estimate of drug-likeness (QED) is 0.629. The van der Waals surface area contributed by atoms with E-state index >= 15 is 0 Å². The van der Waals surface area contributed by atoms with Crippen molar-refractivity contribution >= 4 is 12.4 Å². The lowest BCUT2D eigenvalue weighted by atomic mass is 10.2. The number of rotatable bonds is 8. The van der Waals surface area contributed by atoms with Gasteiger partial charge in [0.05, 0.1) is 13.3 Å². The van der Waals surface area contributed by atoms with Gasteiger partial charge in [-0.2, -0.15) is 10.1 Å². The van der Waals surface area contributed by atoms with Gasteiger partial charge in [-0.1, -0.05) is 5.16 Å². The van der Waals surface area contributed by atoms with Crippen molar-refractivity contribution in [3.63, 3.8) is 0 Å². The molecule has 3 rings (SSSR count). The number of aromatic nitrogens is 4. The normalized spacial score (nSPS) is 11.7. The number of hydrogen-bond acceptors (Lipinski definition) is 7. The molecule has 1 unspecified atom stereocenters. The maximum Gasteiger partial charge on any atom is 0.258 e. The number of methoxy groups -OCH3 is 1. The predicted molar refractivity (Wildman–Crippen MR) is 103 cm³/mol. The molecule has 1 atom stereocenters. The number of nitrogens with one attached hydrogen (secondary N) is 1. The van der Waals surface area contributed by atoms with Crippen molar-refractivity contribution in [3.05, 3.63) is 42.0 Å². The van der Waals surface area contributed by atoms with Crippen LogP contribution >= 0.6 is 12.4 Å². The molecule has 0 saturated carbocycles. The van der Waals surface area contributed by atoms with E-state index in [4.69, 9.17) is 14.0 Å². The Balaban J connectivity index is 0.00000261. The molecule has 0 saturated heterocycles. The largest absolute Gasteiger partial charge is 0.493 e. The van der Waals surface area contributed by atoms with Gasteiger partial charge in [-0.3, -0.25) is 4.68 Å². The molecule has 27 heavy (non-hydrogen) atoms. The van der Waals surface area contributed by atoms with Crippen LogP contribution < -0.4 is 14.8 Å². The van der Waals surface area contributed by atoms with Crippen molar-refractivity contribution in [2.45, 2.75) is 26.0 Å². The van der Waals surface area contributed by atoms with Crippen LogP contribution in [-0.2, 0) is 20.1 Å². The smallest absolute Gasteiger partial charge is 0.258 e. The lowest BCUT2D eigenvalue weighted by Crippen LogP contribution is -2.24. The molecule has 1 aromatic carbocycles. The number of ether oxygens (including phenoxy) is 2. The molecule has 0 aliphatic heterocycles. The molecule has 2 aromatic heterocycles. The number of hydrogen-bond donors (Lipinski definition) is 1. The van der Waals surface area contributed by atoms with Gasteiger partial charge in [0.1, 0.15) is 6.61 Å². The molecule has 0 aliphatic rings. The molecule has 0 amide bonds. The summed E-state index contributed by atoms with van der Waals surface area (Å²) in [5, 5.41) is 11.3. The first-order valence-corrected chi connectivity index (χ1v) is 8.37. The Morgan fingerprint density at radius 3 is 2.78 bits per heavy atom. The van der Waals surface area contributed by atoms with Crippen LogP contribution in [0.4, 0.5) is 0 Å². The third kappa shape index (κ3) is 5.21. The van der Waals surface area contributed by atoms with Crippen LogP contribution in [0.15, 0.2) is 35.1 Å². The summed E-state index contributed by atoms with van der Waals surface area (Å²) in [6.07, 6.45) is 4.38. The average molecular weight is 394 g/mol. The first-order chi connectivity index (χ1) is 12.6. The Morgan fingerprint density at radius 1 is 1.30 bits per heavy atom. The van der Waals surface area contributed by atoms with Gasteiger partial charge in [-0.05, 0) is 32.2 Å². The molecule has 9 heteroatoms. The van der Waals surface area contributed by atoms with Crippen molar-refractivity contribution in [2.24, 2.45) is 7.05 Å². The summed E-state index contributed by atoms with van der Waals surface area (Å²) in [5.41, 5.74) is 1.77. The SMILES string of the molecule is CNC(C)Cc1noc(-c2ccc(OCc3cnn(C)c3)c(OC)c2)n1.Cl. The summed E-state index contributed by atoms with van der Waals surface area (Å²) in [5.74, 6) is 2.37. The lowest BCUT2D eigenvalue weighted by Gasteiger charge is -2.10. The van der Waals surface area contributed by atoms with Crippen LogP contribution in [0.2, 0.25) is 0 Å². The van der Waals surface area contributed by atoms with Crippen molar-refractivity contribution in [1.82, 2.24) is 25.2 Å². The predicted octanol–water partition coefficient (Wildman–Crippen LogP) is 2.63. The van der Waals surface area contributed by atoms with Gasteiger partial charge < -0.3 is 19.3 Å². The molecule has 0 fully saturated rings. The zero-order valence-corrected chi connectivity index (χ0v) is 16.6. The fraction of sp³-hybridized carbons (Fsp3) is 0.389. The van der Waals surface area contributed by atoms with E-state index in [2.05, 4.69) is 27.5 Å². The van der Waals surface area contributed by atoms with E-state index in [-0.39, 0.29) is 18.4 Å². The molecule has 146 valence electrons. The third-order valence-electron chi connectivity index (χ3n) is 4.01. The molecular formula is C18H24ClN5O3. The maximum absolute atomic E-state index is 5.84. The van der Waals surface area contributed by atoms with Crippen LogP contribution in [0.1, 0.15) is 18.3 Å². The van der Waals surface area contributed by atoms with Gasteiger partial charge in [0.25, 0.3) is 5.89 Å². The minimum absolute atomic E-state index is 0. The Kier molecular flexibility index (Phi) is 7.20. The van der Waals surface area contributed by atoms with E-state index in [0.29, 0.717) is 36.2 Å². The van der Waals surface area contributed by atoms with E-state index < -0.39 is 0 Å². The second kappa shape index (κ2) is 9.38. The van der Waals surface area contributed by atoms with Gasteiger partial charge in [0.2, 0.25) is 0 Å².